The molecule has 2 aromatic heterocycles. The monoisotopic (exact) mass is 384 g/mol. The Morgan fingerprint density at radius 3 is 2.86 bits per heavy atom. The second-order valence-electron chi connectivity index (χ2n) is 7.00. The van der Waals surface area contributed by atoms with Gasteiger partial charge in [-0.2, -0.15) is 4.39 Å². The maximum absolute atomic E-state index is 13.3. The van der Waals surface area contributed by atoms with E-state index < -0.39 is 12.1 Å². The summed E-state index contributed by atoms with van der Waals surface area (Å²) in [5.41, 5.74) is 1.06. The molecule has 4 heterocycles. The number of nitrogens with zero attached hydrogens (tertiary/aromatic N) is 3. The van der Waals surface area contributed by atoms with Crippen LogP contribution >= 0.6 is 0 Å². The molecule has 0 radical (unpaired) electrons. The van der Waals surface area contributed by atoms with Gasteiger partial charge in [-0.05, 0) is 37.5 Å². The van der Waals surface area contributed by atoms with E-state index in [1.54, 1.807) is 11.1 Å². The lowest BCUT2D eigenvalue weighted by atomic mass is 9.98. The van der Waals surface area contributed by atoms with Crippen molar-refractivity contribution >= 4 is 11.8 Å². The molecule has 2 amide bonds. The number of halogens is 1. The number of hydrogen-bond donors (Lipinski definition) is 1. The Bertz CT molecular complexity index is 864. The van der Waals surface area contributed by atoms with E-state index in [4.69, 9.17) is 4.74 Å². The first-order chi connectivity index (χ1) is 13.6. The molecule has 146 valence electrons. The van der Waals surface area contributed by atoms with Gasteiger partial charge in [0.1, 0.15) is 6.10 Å². The van der Waals surface area contributed by atoms with E-state index in [0.717, 1.165) is 11.8 Å². The Morgan fingerprint density at radius 1 is 1.18 bits per heavy atom. The van der Waals surface area contributed by atoms with Gasteiger partial charge in [0.15, 0.2) is 0 Å². The molecule has 2 saturated heterocycles. The van der Waals surface area contributed by atoms with Crippen molar-refractivity contribution < 1.29 is 18.7 Å². The highest BCUT2D eigenvalue weighted by Gasteiger charge is 2.43. The predicted molar refractivity (Wildman–Crippen MR) is 97.6 cm³/mol. The second kappa shape index (κ2) is 8.02. The van der Waals surface area contributed by atoms with Crippen LogP contribution < -0.4 is 5.32 Å². The van der Waals surface area contributed by atoms with Crippen LogP contribution in [-0.4, -0.2) is 51.5 Å². The molecule has 2 aromatic rings. The third kappa shape index (κ3) is 3.87. The molecule has 0 saturated carbocycles. The molecule has 0 spiro atoms. The molecular formula is C20H21FN4O3. The van der Waals surface area contributed by atoms with Crippen molar-refractivity contribution in [3.8, 4) is 0 Å². The number of amides is 2. The maximum Gasteiger partial charge on any atom is 0.254 e. The van der Waals surface area contributed by atoms with Crippen molar-refractivity contribution in [3.63, 3.8) is 0 Å². The predicted octanol–water partition coefficient (Wildman–Crippen LogP) is 1.69. The summed E-state index contributed by atoms with van der Waals surface area (Å²) in [6, 6.07) is 8.10. The number of rotatable bonds is 4. The number of fused-ring (bicyclic) bond motifs is 1. The average Bonchev–Trinajstić information content (AvgIpc) is 3.15. The van der Waals surface area contributed by atoms with Crippen molar-refractivity contribution in [2.24, 2.45) is 0 Å². The fourth-order valence-corrected chi connectivity index (χ4v) is 3.87. The Hall–Kier alpha value is -2.87. The van der Waals surface area contributed by atoms with Gasteiger partial charge in [0.2, 0.25) is 11.9 Å². The molecule has 0 bridgehead atoms. The van der Waals surface area contributed by atoms with Crippen LogP contribution in [0.1, 0.15) is 35.3 Å². The van der Waals surface area contributed by atoms with Gasteiger partial charge >= 0.3 is 0 Å². The van der Waals surface area contributed by atoms with Crippen LogP contribution in [0.3, 0.4) is 0 Å². The highest BCUT2D eigenvalue weighted by Crippen LogP contribution is 2.32. The molecule has 28 heavy (non-hydrogen) atoms. The van der Waals surface area contributed by atoms with Gasteiger partial charge in [-0.1, -0.05) is 6.07 Å². The lowest BCUT2D eigenvalue weighted by Gasteiger charge is -2.35. The number of ether oxygens (including phenoxy) is 1. The van der Waals surface area contributed by atoms with Crippen molar-refractivity contribution in [2.75, 3.05) is 6.54 Å². The second-order valence-corrected chi connectivity index (χ2v) is 7.00. The van der Waals surface area contributed by atoms with Crippen LogP contribution in [-0.2, 0) is 16.1 Å². The van der Waals surface area contributed by atoms with Crippen LogP contribution in [0.15, 0.2) is 42.7 Å². The first-order valence-corrected chi connectivity index (χ1v) is 9.37. The molecule has 4 rings (SSSR count). The number of carbonyl (C=O) groups is 2. The Kier molecular flexibility index (Phi) is 5.29. The fourth-order valence-electron chi connectivity index (χ4n) is 3.87. The quantitative estimate of drug-likeness (QED) is 0.811. The molecule has 0 aliphatic carbocycles. The molecule has 0 aromatic carbocycles. The topological polar surface area (TPSA) is 84.4 Å². The van der Waals surface area contributed by atoms with E-state index >= 15 is 0 Å². The van der Waals surface area contributed by atoms with Gasteiger partial charge in [-0.25, -0.2) is 4.98 Å². The minimum absolute atomic E-state index is 0.0939. The first-order valence-electron chi connectivity index (χ1n) is 9.37. The van der Waals surface area contributed by atoms with Gasteiger partial charge in [-0.15, -0.1) is 0 Å². The van der Waals surface area contributed by atoms with Gasteiger partial charge in [0.25, 0.3) is 5.91 Å². The van der Waals surface area contributed by atoms with E-state index in [-0.39, 0.29) is 29.5 Å². The minimum Gasteiger partial charge on any atom is -0.363 e. The van der Waals surface area contributed by atoms with Crippen LogP contribution in [0.25, 0.3) is 0 Å². The van der Waals surface area contributed by atoms with E-state index in [9.17, 15) is 14.0 Å². The van der Waals surface area contributed by atoms with Crippen molar-refractivity contribution in [3.05, 3.63) is 59.9 Å². The summed E-state index contributed by atoms with van der Waals surface area (Å²) in [6.45, 7) is 0.881. The molecule has 2 aliphatic heterocycles. The lowest BCUT2D eigenvalue weighted by molar-refractivity contribution is -0.143. The van der Waals surface area contributed by atoms with Crippen molar-refractivity contribution in [1.82, 2.24) is 20.2 Å². The molecule has 3 atom stereocenters. The third-order valence-corrected chi connectivity index (χ3v) is 5.24. The van der Waals surface area contributed by atoms with Crippen molar-refractivity contribution in [2.45, 2.75) is 44.1 Å². The summed E-state index contributed by atoms with van der Waals surface area (Å²) in [6.07, 6.45) is 4.12. The SMILES string of the molecule is O=C(NCc1ccccn1)[C@@H]1CC[C@@H]2[C@@H](CCN2C(=O)c2ccnc(F)c2)O1. The summed E-state index contributed by atoms with van der Waals surface area (Å²) < 4.78 is 19.3. The fraction of sp³-hybridized carbons (Fsp3) is 0.400. The van der Waals surface area contributed by atoms with Crippen LogP contribution in [0.5, 0.6) is 0 Å². The van der Waals surface area contributed by atoms with E-state index in [1.807, 2.05) is 18.2 Å². The highest BCUT2D eigenvalue weighted by atomic mass is 19.1. The maximum atomic E-state index is 13.3. The summed E-state index contributed by atoms with van der Waals surface area (Å²) in [5, 5.41) is 2.86. The Labute approximate surface area is 161 Å². The molecule has 1 N–H and O–H groups in total. The van der Waals surface area contributed by atoms with Gasteiger partial charge < -0.3 is 15.0 Å². The zero-order valence-corrected chi connectivity index (χ0v) is 15.3. The largest absolute Gasteiger partial charge is 0.363 e. The van der Waals surface area contributed by atoms with Crippen LogP contribution in [0, 0.1) is 5.95 Å². The van der Waals surface area contributed by atoms with Gasteiger partial charge in [0.05, 0.1) is 24.4 Å². The first kappa shape index (κ1) is 18.5. The van der Waals surface area contributed by atoms with Crippen LogP contribution in [0.4, 0.5) is 4.39 Å². The van der Waals surface area contributed by atoms with Gasteiger partial charge in [0, 0.05) is 30.6 Å². The zero-order chi connectivity index (χ0) is 19.5. The minimum atomic E-state index is -0.675. The average molecular weight is 384 g/mol. The molecule has 7 nitrogen and oxygen atoms in total. The summed E-state index contributed by atoms with van der Waals surface area (Å²) in [4.78, 5) is 34.6. The van der Waals surface area contributed by atoms with E-state index in [0.29, 0.717) is 32.4 Å². The summed E-state index contributed by atoms with van der Waals surface area (Å²) in [5.74, 6) is -1.06. The molecule has 2 aliphatic rings. The normalized spacial score (nSPS) is 23.9. The lowest BCUT2D eigenvalue weighted by Crippen LogP contribution is -2.49. The number of carbonyl (C=O) groups excluding carboxylic acids is 2. The smallest absolute Gasteiger partial charge is 0.254 e. The number of aromatic nitrogens is 2. The Balaban J connectivity index is 1.34. The number of likely N-dealkylation sites (tertiary alicyclic amines) is 1. The molecule has 0 unspecified atom stereocenters. The van der Waals surface area contributed by atoms with Crippen LogP contribution in [0.2, 0.25) is 0 Å². The third-order valence-electron chi connectivity index (χ3n) is 5.24. The Morgan fingerprint density at radius 2 is 2.07 bits per heavy atom. The van der Waals surface area contributed by atoms with Gasteiger partial charge in [-0.3, -0.25) is 14.6 Å². The standard InChI is InChI=1S/C20H21FN4O3/c21-18-11-13(6-9-23-18)20(27)25-10-7-16-15(25)4-5-17(28-16)19(26)24-12-14-3-1-2-8-22-14/h1-3,6,8-9,11,15-17H,4-5,7,10,12H2,(H,24,26)/t15-,16-,17+/m1/s1. The van der Waals surface area contributed by atoms with E-state index in [1.165, 1.54) is 12.3 Å². The summed E-state index contributed by atoms with van der Waals surface area (Å²) in [7, 11) is 0. The zero-order valence-electron chi connectivity index (χ0n) is 15.3. The summed E-state index contributed by atoms with van der Waals surface area (Å²) >= 11 is 0. The molecule has 8 heteroatoms. The van der Waals surface area contributed by atoms with E-state index in [2.05, 4.69) is 15.3 Å². The number of pyridine rings is 2. The van der Waals surface area contributed by atoms with Crippen molar-refractivity contribution in [1.29, 1.82) is 0 Å². The highest BCUT2D eigenvalue weighted by molar-refractivity contribution is 5.94. The number of nitrogens with one attached hydrogen (secondary N) is 1. The molecule has 2 fully saturated rings. The molecular weight excluding hydrogens is 363 g/mol. The number of hydrogen-bond acceptors (Lipinski definition) is 5.